The molecule has 1 heterocycles. The van der Waals surface area contributed by atoms with Crippen molar-refractivity contribution in [2.24, 2.45) is 0 Å². The van der Waals surface area contributed by atoms with Crippen LogP contribution in [0.15, 0.2) is 11.4 Å². The smallest absolute Gasteiger partial charge is 0.409 e. The highest BCUT2D eigenvalue weighted by molar-refractivity contribution is 7.14. The van der Waals surface area contributed by atoms with Crippen LogP contribution in [0.1, 0.15) is 12.5 Å². The van der Waals surface area contributed by atoms with Gasteiger partial charge in [0, 0.05) is 0 Å². The lowest BCUT2D eigenvalue weighted by Gasteiger charge is -1.98. The second-order valence-electron chi connectivity index (χ2n) is 2.06. The highest BCUT2D eigenvalue weighted by Crippen LogP contribution is 2.23. The van der Waals surface area contributed by atoms with Gasteiger partial charge in [-0.3, -0.25) is 5.32 Å². The molecule has 11 heavy (non-hydrogen) atoms. The zero-order chi connectivity index (χ0) is 8.27. The Morgan fingerprint density at radius 2 is 2.55 bits per heavy atom. The number of carbonyl (C=O) groups is 1. The summed E-state index contributed by atoms with van der Waals surface area (Å²) >= 11 is 1.41. The highest BCUT2D eigenvalue weighted by atomic mass is 32.1. The standard InChI is InChI=1S/C7H9NO2S/c1-2-5-3-4-11-6(5)8-7(9)10/h3-4,8H,2H2,1H3,(H,9,10). The van der Waals surface area contributed by atoms with E-state index in [1.165, 1.54) is 11.3 Å². The Labute approximate surface area is 68.7 Å². The Morgan fingerprint density at radius 3 is 3.09 bits per heavy atom. The summed E-state index contributed by atoms with van der Waals surface area (Å²) in [5.74, 6) is 0. The minimum Gasteiger partial charge on any atom is -0.465 e. The second kappa shape index (κ2) is 3.39. The van der Waals surface area contributed by atoms with Crippen LogP contribution in [-0.4, -0.2) is 11.2 Å². The highest BCUT2D eigenvalue weighted by Gasteiger charge is 2.03. The Bertz CT molecular complexity index is 257. The van der Waals surface area contributed by atoms with Crippen molar-refractivity contribution in [3.8, 4) is 0 Å². The quantitative estimate of drug-likeness (QED) is 0.717. The summed E-state index contributed by atoms with van der Waals surface area (Å²) in [6, 6.07) is 1.93. The zero-order valence-electron chi connectivity index (χ0n) is 6.13. The van der Waals surface area contributed by atoms with E-state index in [0.717, 1.165) is 17.0 Å². The summed E-state index contributed by atoms with van der Waals surface area (Å²) in [6.07, 6.45) is -0.138. The number of anilines is 1. The van der Waals surface area contributed by atoms with Crippen LogP contribution in [0, 0.1) is 0 Å². The first kappa shape index (κ1) is 8.07. The molecule has 0 aliphatic heterocycles. The van der Waals surface area contributed by atoms with Crippen molar-refractivity contribution in [1.82, 2.24) is 0 Å². The minimum atomic E-state index is -0.998. The molecule has 4 heteroatoms. The fourth-order valence-corrected chi connectivity index (χ4v) is 1.70. The number of thiophene rings is 1. The third-order valence-corrected chi connectivity index (χ3v) is 2.22. The molecule has 0 aliphatic rings. The van der Waals surface area contributed by atoms with Crippen LogP contribution in [0.5, 0.6) is 0 Å². The molecule has 1 aromatic heterocycles. The van der Waals surface area contributed by atoms with Crippen LogP contribution in [-0.2, 0) is 6.42 Å². The van der Waals surface area contributed by atoms with Gasteiger partial charge < -0.3 is 5.11 Å². The molecule has 1 amide bonds. The third-order valence-electron chi connectivity index (χ3n) is 1.35. The molecule has 0 saturated carbocycles. The van der Waals surface area contributed by atoms with Gasteiger partial charge in [0.25, 0.3) is 0 Å². The molecule has 0 radical (unpaired) electrons. The van der Waals surface area contributed by atoms with Crippen molar-refractivity contribution < 1.29 is 9.90 Å². The molecule has 0 atom stereocenters. The average molecular weight is 171 g/mol. The zero-order valence-corrected chi connectivity index (χ0v) is 6.94. The van der Waals surface area contributed by atoms with E-state index in [4.69, 9.17) is 5.11 Å². The van der Waals surface area contributed by atoms with Gasteiger partial charge in [0.15, 0.2) is 0 Å². The van der Waals surface area contributed by atoms with E-state index < -0.39 is 6.09 Å². The van der Waals surface area contributed by atoms with Crippen LogP contribution >= 0.6 is 11.3 Å². The lowest BCUT2D eigenvalue weighted by molar-refractivity contribution is 0.210. The third kappa shape index (κ3) is 1.94. The normalized spacial score (nSPS) is 9.55. The van der Waals surface area contributed by atoms with Crippen LogP contribution in [0.25, 0.3) is 0 Å². The number of hydrogen-bond donors (Lipinski definition) is 2. The average Bonchev–Trinajstić information content (AvgIpc) is 2.34. The second-order valence-corrected chi connectivity index (χ2v) is 2.97. The lowest BCUT2D eigenvalue weighted by atomic mass is 10.2. The van der Waals surface area contributed by atoms with Crippen LogP contribution in [0.4, 0.5) is 9.80 Å². The molecule has 0 fully saturated rings. The number of nitrogens with one attached hydrogen (secondary N) is 1. The van der Waals surface area contributed by atoms with Gasteiger partial charge in [-0.15, -0.1) is 11.3 Å². The first-order valence-corrected chi connectivity index (χ1v) is 4.18. The summed E-state index contributed by atoms with van der Waals surface area (Å²) in [5.41, 5.74) is 1.05. The Kier molecular flexibility index (Phi) is 2.48. The van der Waals surface area contributed by atoms with Crippen molar-refractivity contribution >= 4 is 22.4 Å². The molecule has 1 rings (SSSR count). The predicted molar refractivity (Wildman–Crippen MR) is 45.3 cm³/mol. The van der Waals surface area contributed by atoms with E-state index in [9.17, 15) is 4.79 Å². The maximum atomic E-state index is 10.2. The van der Waals surface area contributed by atoms with Crippen molar-refractivity contribution in [2.45, 2.75) is 13.3 Å². The Balaban J connectivity index is 2.76. The molecular formula is C7H9NO2S. The van der Waals surface area contributed by atoms with Crippen molar-refractivity contribution in [3.63, 3.8) is 0 Å². The molecule has 0 bridgehead atoms. The Morgan fingerprint density at radius 1 is 1.82 bits per heavy atom. The summed E-state index contributed by atoms with van der Waals surface area (Å²) in [5, 5.41) is 13.4. The van der Waals surface area contributed by atoms with Crippen LogP contribution < -0.4 is 5.32 Å². The Hall–Kier alpha value is -1.03. The van der Waals surface area contributed by atoms with Gasteiger partial charge in [-0.1, -0.05) is 6.92 Å². The van der Waals surface area contributed by atoms with Crippen molar-refractivity contribution in [1.29, 1.82) is 0 Å². The van der Waals surface area contributed by atoms with E-state index >= 15 is 0 Å². The predicted octanol–water partition coefficient (Wildman–Crippen LogP) is 2.40. The van der Waals surface area contributed by atoms with Gasteiger partial charge in [0.1, 0.15) is 5.00 Å². The van der Waals surface area contributed by atoms with E-state index in [0.29, 0.717) is 0 Å². The monoisotopic (exact) mass is 171 g/mol. The number of carboxylic acid groups (broad SMARTS) is 1. The number of rotatable bonds is 2. The largest absolute Gasteiger partial charge is 0.465 e. The molecular weight excluding hydrogens is 162 g/mol. The van der Waals surface area contributed by atoms with Gasteiger partial charge in [-0.05, 0) is 23.4 Å². The van der Waals surface area contributed by atoms with Crippen molar-refractivity contribution in [2.75, 3.05) is 5.32 Å². The lowest BCUT2D eigenvalue weighted by Crippen LogP contribution is -2.06. The molecule has 0 unspecified atom stereocenters. The molecule has 3 nitrogen and oxygen atoms in total. The topological polar surface area (TPSA) is 49.3 Å². The molecule has 0 saturated heterocycles. The van der Waals surface area contributed by atoms with Crippen LogP contribution in [0.3, 0.4) is 0 Å². The summed E-state index contributed by atoms with van der Waals surface area (Å²) in [6.45, 7) is 2.00. The van der Waals surface area contributed by atoms with E-state index in [-0.39, 0.29) is 0 Å². The molecule has 0 aliphatic carbocycles. The van der Waals surface area contributed by atoms with Gasteiger partial charge in [-0.25, -0.2) is 4.79 Å². The van der Waals surface area contributed by atoms with E-state index in [1.54, 1.807) is 0 Å². The van der Waals surface area contributed by atoms with Crippen molar-refractivity contribution in [3.05, 3.63) is 17.0 Å². The summed E-state index contributed by atoms with van der Waals surface area (Å²) < 4.78 is 0. The molecule has 0 aromatic carbocycles. The first-order chi connectivity index (χ1) is 5.24. The number of hydrogen-bond acceptors (Lipinski definition) is 2. The van der Waals surface area contributed by atoms with Gasteiger partial charge in [0.05, 0.1) is 0 Å². The van der Waals surface area contributed by atoms with E-state index in [2.05, 4.69) is 5.32 Å². The van der Waals surface area contributed by atoms with E-state index in [1.807, 2.05) is 18.4 Å². The van der Waals surface area contributed by atoms with Crippen LogP contribution in [0.2, 0.25) is 0 Å². The molecule has 1 aromatic rings. The van der Waals surface area contributed by atoms with Gasteiger partial charge in [-0.2, -0.15) is 0 Å². The minimum absolute atomic E-state index is 0.736. The summed E-state index contributed by atoms with van der Waals surface area (Å²) in [7, 11) is 0. The molecule has 2 N–H and O–H groups in total. The SMILES string of the molecule is CCc1ccsc1NC(=O)O. The fraction of sp³-hybridized carbons (Fsp3) is 0.286. The summed E-state index contributed by atoms with van der Waals surface area (Å²) in [4.78, 5) is 10.2. The number of aryl methyl sites for hydroxylation is 1. The first-order valence-electron chi connectivity index (χ1n) is 3.30. The molecule has 60 valence electrons. The maximum Gasteiger partial charge on any atom is 0.409 e. The van der Waals surface area contributed by atoms with Gasteiger partial charge in [0.2, 0.25) is 0 Å². The maximum absolute atomic E-state index is 10.2. The molecule has 0 spiro atoms. The van der Waals surface area contributed by atoms with Gasteiger partial charge >= 0.3 is 6.09 Å². The fourth-order valence-electron chi connectivity index (χ4n) is 0.821. The number of amides is 1.